The number of carbonyl (C=O) groups excluding carboxylic acids is 1. The molecule has 9 nitrogen and oxygen atoms in total. The van der Waals surface area contributed by atoms with Gasteiger partial charge in [0, 0.05) is 35.4 Å². The minimum atomic E-state index is 0.226. The van der Waals surface area contributed by atoms with E-state index in [0.717, 1.165) is 77.0 Å². The van der Waals surface area contributed by atoms with E-state index in [1.165, 1.54) is 18.1 Å². The smallest absolute Gasteiger partial charge is 0.231 e. The first-order valence-corrected chi connectivity index (χ1v) is 13.2. The van der Waals surface area contributed by atoms with Crippen LogP contribution in [-0.4, -0.2) is 50.2 Å². The molecule has 0 atom stereocenters. The van der Waals surface area contributed by atoms with Gasteiger partial charge in [0.15, 0.2) is 33.6 Å². The van der Waals surface area contributed by atoms with Crippen molar-refractivity contribution in [2.75, 3.05) is 25.6 Å². The topological polar surface area (TPSA) is 108 Å². The van der Waals surface area contributed by atoms with Crippen molar-refractivity contribution in [1.82, 2.24) is 24.4 Å². The number of hydrogen-bond donors (Lipinski definition) is 1. The lowest BCUT2D eigenvalue weighted by Gasteiger charge is -2.32. The first-order valence-electron chi connectivity index (χ1n) is 11.5. The monoisotopic (exact) mass is 546 g/mol. The first kappa shape index (κ1) is 23.2. The Kier molecular flexibility index (Phi) is 6.82. The van der Waals surface area contributed by atoms with E-state index in [9.17, 15) is 4.79 Å². The van der Waals surface area contributed by atoms with E-state index in [1.54, 1.807) is 0 Å². The van der Waals surface area contributed by atoms with E-state index in [1.807, 2.05) is 24.0 Å². The summed E-state index contributed by atoms with van der Waals surface area (Å²) in [7, 11) is 0. The van der Waals surface area contributed by atoms with Crippen LogP contribution in [0.5, 0.6) is 11.5 Å². The normalized spacial score (nSPS) is 15.9. The maximum Gasteiger partial charge on any atom is 0.231 e. The number of nitrogens with zero attached hydrogens (tertiary/aromatic N) is 5. The summed E-state index contributed by atoms with van der Waals surface area (Å²) in [6.07, 6.45) is 6.06. The molecule has 2 aromatic heterocycles. The Labute approximate surface area is 210 Å². The van der Waals surface area contributed by atoms with Crippen LogP contribution >= 0.6 is 27.7 Å². The summed E-state index contributed by atoms with van der Waals surface area (Å²) in [6, 6.07) is 3.87. The van der Waals surface area contributed by atoms with Crippen molar-refractivity contribution in [3.05, 3.63) is 22.9 Å². The summed E-state index contributed by atoms with van der Waals surface area (Å²) < 4.78 is 14.1. The number of rotatable bonds is 7. The van der Waals surface area contributed by atoms with Gasteiger partial charge in [-0.3, -0.25) is 4.79 Å². The first-order chi connectivity index (χ1) is 16.5. The average Bonchev–Trinajstić information content (AvgIpc) is 3.43. The predicted molar refractivity (Wildman–Crippen MR) is 133 cm³/mol. The molecule has 1 amide bonds. The van der Waals surface area contributed by atoms with E-state index in [-0.39, 0.29) is 12.7 Å². The van der Waals surface area contributed by atoms with E-state index in [2.05, 4.69) is 30.5 Å². The zero-order valence-electron chi connectivity index (χ0n) is 19.0. The zero-order valence-corrected chi connectivity index (χ0v) is 21.4. The highest BCUT2D eigenvalue weighted by atomic mass is 79.9. The average molecular weight is 547 g/mol. The number of ether oxygens (including phenoxy) is 2. The summed E-state index contributed by atoms with van der Waals surface area (Å²) in [5.41, 5.74) is 7.47. The van der Waals surface area contributed by atoms with Crippen molar-refractivity contribution in [1.29, 1.82) is 0 Å². The predicted octanol–water partition coefficient (Wildman–Crippen LogP) is 4.48. The van der Waals surface area contributed by atoms with Crippen LogP contribution in [-0.2, 0) is 11.3 Å². The van der Waals surface area contributed by atoms with Crippen LogP contribution in [0.2, 0.25) is 0 Å². The highest BCUT2D eigenvalue weighted by Crippen LogP contribution is 2.43. The van der Waals surface area contributed by atoms with Gasteiger partial charge in [0.05, 0.1) is 0 Å². The number of halogens is 1. The Morgan fingerprint density at radius 3 is 2.76 bits per heavy atom. The molecule has 1 saturated heterocycles. The standard InChI is InChI=1S/C23H27BrN6O3S/c1-2-3-19(31)29-7-4-14(5-8-29)6-9-30-22-20(21(25)26-12-27-22)28-23(30)34-18-11-17-16(10-15(18)24)32-13-33-17/h10-12,14H,2-9,13H2,1H3,(H2,25,26,27). The Morgan fingerprint density at radius 1 is 1.24 bits per heavy atom. The van der Waals surface area contributed by atoms with Crippen LogP contribution in [0.4, 0.5) is 5.82 Å². The number of piperidine rings is 1. The fourth-order valence-corrected chi connectivity index (χ4v) is 5.95. The highest BCUT2D eigenvalue weighted by Gasteiger charge is 2.24. The van der Waals surface area contributed by atoms with Gasteiger partial charge in [0.2, 0.25) is 12.7 Å². The maximum atomic E-state index is 12.2. The molecule has 0 saturated carbocycles. The zero-order chi connectivity index (χ0) is 23.7. The molecule has 180 valence electrons. The number of aryl methyl sites for hydroxylation is 1. The highest BCUT2D eigenvalue weighted by molar-refractivity contribution is 9.10. The lowest BCUT2D eigenvalue weighted by Crippen LogP contribution is -2.38. The Bertz CT molecular complexity index is 1210. The van der Waals surface area contributed by atoms with Gasteiger partial charge in [-0.15, -0.1) is 0 Å². The Hall–Kier alpha value is -2.53. The second kappa shape index (κ2) is 9.99. The molecule has 0 radical (unpaired) electrons. The van der Waals surface area contributed by atoms with Crippen molar-refractivity contribution in [3.8, 4) is 11.5 Å². The summed E-state index contributed by atoms with van der Waals surface area (Å²) in [4.78, 5) is 28.6. The summed E-state index contributed by atoms with van der Waals surface area (Å²) in [5.74, 6) is 2.65. The minimum absolute atomic E-state index is 0.226. The third-order valence-corrected chi connectivity index (χ3v) is 8.32. The molecule has 4 heterocycles. The van der Waals surface area contributed by atoms with Crippen molar-refractivity contribution in [3.63, 3.8) is 0 Å². The van der Waals surface area contributed by atoms with Crippen LogP contribution in [0.1, 0.15) is 39.0 Å². The molecule has 1 fully saturated rings. The molecular weight excluding hydrogens is 520 g/mol. The number of hydrogen-bond acceptors (Lipinski definition) is 8. The van der Waals surface area contributed by atoms with Gasteiger partial charge in [0.25, 0.3) is 0 Å². The molecule has 0 aliphatic carbocycles. The Balaban J connectivity index is 1.35. The van der Waals surface area contributed by atoms with Gasteiger partial charge in [-0.2, -0.15) is 0 Å². The summed E-state index contributed by atoms with van der Waals surface area (Å²) in [6.45, 7) is 4.73. The third kappa shape index (κ3) is 4.68. The number of aromatic nitrogens is 4. The molecule has 3 aromatic rings. The fourth-order valence-electron chi connectivity index (χ4n) is 4.44. The van der Waals surface area contributed by atoms with Gasteiger partial charge in [-0.05, 0) is 59.7 Å². The number of anilines is 1. The van der Waals surface area contributed by atoms with Crippen LogP contribution in [0, 0.1) is 5.92 Å². The number of carbonyl (C=O) groups is 1. The summed E-state index contributed by atoms with van der Waals surface area (Å²) >= 11 is 5.17. The number of fused-ring (bicyclic) bond motifs is 2. The molecule has 2 aliphatic heterocycles. The van der Waals surface area contributed by atoms with Gasteiger partial charge < -0.3 is 24.7 Å². The summed E-state index contributed by atoms with van der Waals surface area (Å²) in [5, 5.41) is 0.803. The van der Waals surface area contributed by atoms with Crippen molar-refractivity contribution < 1.29 is 14.3 Å². The molecule has 1 aromatic carbocycles. The van der Waals surface area contributed by atoms with Crippen LogP contribution in [0.15, 0.2) is 33.0 Å². The van der Waals surface area contributed by atoms with E-state index < -0.39 is 0 Å². The molecule has 0 unspecified atom stereocenters. The molecule has 5 rings (SSSR count). The lowest BCUT2D eigenvalue weighted by atomic mass is 9.93. The van der Waals surface area contributed by atoms with E-state index in [0.29, 0.717) is 23.7 Å². The number of nitrogen functional groups attached to an aromatic ring is 1. The number of benzene rings is 1. The van der Waals surface area contributed by atoms with Crippen molar-refractivity contribution in [2.45, 2.75) is 55.6 Å². The lowest BCUT2D eigenvalue weighted by molar-refractivity contribution is -0.132. The van der Waals surface area contributed by atoms with Crippen LogP contribution in [0.25, 0.3) is 11.2 Å². The van der Waals surface area contributed by atoms with E-state index >= 15 is 0 Å². The second-order valence-corrected chi connectivity index (χ2v) is 10.4. The van der Waals surface area contributed by atoms with Crippen LogP contribution < -0.4 is 15.2 Å². The van der Waals surface area contributed by atoms with Crippen LogP contribution in [0.3, 0.4) is 0 Å². The number of amides is 1. The molecule has 2 aliphatic rings. The van der Waals surface area contributed by atoms with Crippen molar-refractivity contribution in [2.24, 2.45) is 5.92 Å². The third-order valence-electron chi connectivity index (χ3n) is 6.35. The molecule has 34 heavy (non-hydrogen) atoms. The minimum Gasteiger partial charge on any atom is -0.454 e. The van der Waals surface area contributed by atoms with Gasteiger partial charge in [0.1, 0.15) is 6.33 Å². The largest absolute Gasteiger partial charge is 0.454 e. The van der Waals surface area contributed by atoms with Crippen molar-refractivity contribution >= 4 is 50.6 Å². The number of imidazole rings is 1. The van der Waals surface area contributed by atoms with Gasteiger partial charge in [-0.25, -0.2) is 15.0 Å². The molecular formula is C23H27BrN6O3S. The second-order valence-electron chi connectivity index (χ2n) is 8.58. The number of nitrogens with two attached hydrogens (primary N) is 1. The number of likely N-dealkylation sites (tertiary alicyclic amines) is 1. The quantitative estimate of drug-likeness (QED) is 0.462. The molecule has 0 bridgehead atoms. The van der Waals surface area contributed by atoms with E-state index in [4.69, 9.17) is 20.2 Å². The van der Waals surface area contributed by atoms with Gasteiger partial charge in [-0.1, -0.05) is 18.7 Å². The van der Waals surface area contributed by atoms with Gasteiger partial charge >= 0.3 is 0 Å². The molecule has 0 spiro atoms. The SMILES string of the molecule is CCCC(=O)N1CCC(CCn2c(Sc3cc4c(cc3Br)OCO4)nc3c(N)ncnc32)CC1. The molecule has 11 heteroatoms. The Morgan fingerprint density at radius 2 is 2.00 bits per heavy atom. The molecule has 2 N–H and O–H groups in total. The maximum absolute atomic E-state index is 12.2. The fraction of sp³-hybridized carbons (Fsp3) is 0.478.